The quantitative estimate of drug-likeness (QED) is 0.255. The zero-order chi connectivity index (χ0) is 27.4. The van der Waals surface area contributed by atoms with Gasteiger partial charge in [0, 0.05) is 30.5 Å². The number of benzene rings is 2. The number of nitrogens with two attached hydrogens (primary N) is 1. The monoisotopic (exact) mass is 534 g/mol. The number of carbonyl (C=O) groups is 1. The summed E-state index contributed by atoms with van der Waals surface area (Å²) >= 11 is 0. The second kappa shape index (κ2) is 12.1. The van der Waals surface area contributed by atoms with Crippen LogP contribution >= 0.6 is 0 Å². The number of hydrogen-bond donors (Lipinski definition) is 2. The van der Waals surface area contributed by atoms with Crippen LogP contribution in [0.25, 0.3) is 0 Å². The first-order valence-corrected chi connectivity index (χ1v) is 13.3. The van der Waals surface area contributed by atoms with Crippen LogP contribution in [-0.4, -0.2) is 65.6 Å². The number of Topliss-reactive ketones (excluding diaryl/α,β-unsaturated/α-hetero) is 1. The topological polar surface area (TPSA) is 69.8 Å². The van der Waals surface area contributed by atoms with Crippen molar-refractivity contribution >= 4 is 5.78 Å². The number of halogens is 4. The minimum Gasteiger partial charge on any atom is -0.508 e. The van der Waals surface area contributed by atoms with Crippen LogP contribution in [0.3, 0.4) is 0 Å². The predicted molar refractivity (Wildman–Crippen MR) is 138 cm³/mol. The number of hydrogen-bond acceptors (Lipinski definition) is 5. The van der Waals surface area contributed by atoms with Gasteiger partial charge in [-0.1, -0.05) is 30.7 Å². The van der Waals surface area contributed by atoms with Gasteiger partial charge in [0.15, 0.2) is 5.78 Å². The molecular formula is C29H36F4N3O2. The Bertz CT molecular complexity index is 1110. The molecule has 38 heavy (non-hydrogen) atoms. The number of rotatable bonds is 9. The second-order valence-electron chi connectivity index (χ2n) is 10.4. The van der Waals surface area contributed by atoms with Crippen molar-refractivity contribution in [2.75, 3.05) is 32.7 Å². The summed E-state index contributed by atoms with van der Waals surface area (Å²) in [6, 6.07) is 9.50. The highest BCUT2D eigenvalue weighted by atomic mass is 19.4. The number of phenolic OH excluding ortho intramolecular Hbond substituents is 1. The lowest BCUT2D eigenvalue weighted by Gasteiger charge is -2.48. The van der Waals surface area contributed by atoms with Gasteiger partial charge < -0.3 is 15.7 Å². The van der Waals surface area contributed by atoms with Crippen LogP contribution in [0.2, 0.25) is 0 Å². The van der Waals surface area contributed by atoms with E-state index in [1.807, 2.05) is 4.90 Å². The molecule has 9 heteroatoms. The van der Waals surface area contributed by atoms with Crippen molar-refractivity contribution in [1.29, 1.82) is 0 Å². The average molecular weight is 535 g/mol. The SMILES string of the molecule is Cc1c(F)cccc1[C@@H]1[C](N2CCC[C@H]2C(F)(F)F)CN(CCCCCN)C[C@@H]1C(=O)c1cccc(O)c1. The Balaban J connectivity index is 1.79. The fourth-order valence-electron chi connectivity index (χ4n) is 6.02. The summed E-state index contributed by atoms with van der Waals surface area (Å²) < 4.78 is 57.2. The van der Waals surface area contributed by atoms with Gasteiger partial charge in [-0.25, -0.2) is 4.39 Å². The van der Waals surface area contributed by atoms with E-state index < -0.39 is 29.9 Å². The van der Waals surface area contributed by atoms with Crippen molar-refractivity contribution < 1.29 is 27.5 Å². The zero-order valence-corrected chi connectivity index (χ0v) is 21.7. The summed E-state index contributed by atoms with van der Waals surface area (Å²) in [5.74, 6) is -2.26. The van der Waals surface area contributed by atoms with Gasteiger partial charge in [0.2, 0.25) is 0 Å². The summed E-state index contributed by atoms with van der Waals surface area (Å²) in [4.78, 5) is 17.5. The number of nitrogens with zero attached hydrogens (tertiary/aromatic N) is 2. The first-order valence-electron chi connectivity index (χ1n) is 13.3. The number of likely N-dealkylation sites (tertiary alicyclic amines) is 2. The Labute approximate surface area is 221 Å². The van der Waals surface area contributed by atoms with E-state index in [9.17, 15) is 27.5 Å². The van der Waals surface area contributed by atoms with Crippen LogP contribution in [0.4, 0.5) is 17.6 Å². The number of carbonyl (C=O) groups excluding carboxylic acids is 1. The van der Waals surface area contributed by atoms with E-state index in [0.717, 1.165) is 19.3 Å². The molecule has 2 saturated heterocycles. The molecule has 3 N–H and O–H groups in total. The van der Waals surface area contributed by atoms with Crippen LogP contribution in [0, 0.1) is 24.7 Å². The van der Waals surface area contributed by atoms with E-state index in [1.54, 1.807) is 31.2 Å². The first-order chi connectivity index (χ1) is 18.1. The van der Waals surface area contributed by atoms with Crippen molar-refractivity contribution in [3.63, 3.8) is 0 Å². The number of alkyl halides is 3. The molecule has 0 aliphatic carbocycles. The van der Waals surface area contributed by atoms with Gasteiger partial charge in [-0.05, 0) is 81.6 Å². The molecule has 3 atom stereocenters. The lowest BCUT2D eigenvalue weighted by atomic mass is 9.72. The summed E-state index contributed by atoms with van der Waals surface area (Å²) in [6.07, 6.45) is -1.49. The Morgan fingerprint density at radius 1 is 1.13 bits per heavy atom. The molecule has 0 saturated carbocycles. The van der Waals surface area contributed by atoms with Crippen molar-refractivity contribution in [2.24, 2.45) is 11.7 Å². The molecule has 1 radical (unpaired) electrons. The molecule has 0 spiro atoms. The molecule has 2 aliphatic heterocycles. The molecule has 207 valence electrons. The minimum atomic E-state index is -4.42. The van der Waals surface area contributed by atoms with E-state index in [2.05, 4.69) is 0 Å². The third-order valence-corrected chi connectivity index (χ3v) is 7.89. The Kier molecular flexibility index (Phi) is 9.11. The third kappa shape index (κ3) is 6.21. The Morgan fingerprint density at radius 2 is 1.89 bits per heavy atom. The molecule has 5 nitrogen and oxygen atoms in total. The maximum Gasteiger partial charge on any atom is 0.404 e. The van der Waals surface area contributed by atoms with Gasteiger partial charge in [0.25, 0.3) is 0 Å². The Morgan fingerprint density at radius 3 is 2.61 bits per heavy atom. The summed E-state index contributed by atoms with van der Waals surface area (Å²) in [5.41, 5.74) is 6.79. The maximum atomic E-state index is 14.8. The molecule has 0 unspecified atom stereocenters. The number of unbranched alkanes of at least 4 members (excludes halogenated alkanes) is 2. The van der Waals surface area contributed by atoms with Gasteiger partial charge in [-0.3, -0.25) is 9.69 Å². The van der Waals surface area contributed by atoms with Crippen LogP contribution in [0.5, 0.6) is 5.75 Å². The molecule has 4 rings (SSSR count). The van der Waals surface area contributed by atoms with Crippen molar-refractivity contribution in [1.82, 2.24) is 9.80 Å². The van der Waals surface area contributed by atoms with E-state index in [0.29, 0.717) is 43.2 Å². The predicted octanol–water partition coefficient (Wildman–Crippen LogP) is 5.43. The highest BCUT2D eigenvalue weighted by Crippen LogP contribution is 2.47. The molecule has 2 aliphatic rings. The van der Waals surface area contributed by atoms with Gasteiger partial charge in [-0.15, -0.1) is 0 Å². The third-order valence-electron chi connectivity index (χ3n) is 7.89. The molecule has 2 fully saturated rings. The summed E-state index contributed by atoms with van der Waals surface area (Å²) in [7, 11) is 0. The van der Waals surface area contributed by atoms with E-state index in [1.165, 1.54) is 23.1 Å². The lowest BCUT2D eigenvalue weighted by Crippen LogP contribution is -2.55. The molecular weight excluding hydrogens is 498 g/mol. The number of aromatic hydroxyl groups is 1. The molecule has 2 heterocycles. The van der Waals surface area contributed by atoms with Crippen LogP contribution in [0.15, 0.2) is 42.5 Å². The van der Waals surface area contributed by atoms with E-state index in [4.69, 9.17) is 5.73 Å². The minimum absolute atomic E-state index is 0.0104. The van der Waals surface area contributed by atoms with Crippen LogP contribution in [0.1, 0.15) is 59.5 Å². The van der Waals surface area contributed by atoms with Crippen molar-refractivity contribution in [3.8, 4) is 5.75 Å². The fourth-order valence-corrected chi connectivity index (χ4v) is 6.02. The number of piperidine rings is 1. The van der Waals surface area contributed by atoms with Crippen molar-refractivity contribution in [2.45, 2.75) is 57.2 Å². The number of ketones is 1. The first kappa shape index (κ1) is 28.5. The fraction of sp³-hybridized carbons (Fsp3) is 0.517. The summed E-state index contributed by atoms with van der Waals surface area (Å²) in [5, 5.41) is 10.0. The molecule has 0 bridgehead atoms. The highest BCUT2D eigenvalue weighted by molar-refractivity contribution is 5.99. The van der Waals surface area contributed by atoms with E-state index in [-0.39, 0.29) is 36.6 Å². The molecule has 2 aromatic rings. The van der Waals surface area contributed by atoms with Gasteiger partial charge in [0.05, 0.1) is 6.04 Å². The molecule has 2 aromatic carbocycles. The van der Waals surface area contributed by atoms with Crippen LogP contribution < -0.4 is 5.73 Å². The number of phenols is 1. The van der Waals surface area contributed by atoms with Crippen LogP contribution in [-0.2, 0) is 0 Å². The lowest BCUT2D eigenvalue weighted by molar-refractivity contribution is -0.177. The van der Waals surface area contributed by atoms with Gasteiger partial charge in [0.1, 0.15) is 17.6 Å². The largest absolute Gasteiger partial charge is 0.508 e. The maximum absolute atomic E-state index is 14.8. The van der Waals surface area contributed by atoms with Gasteiger partial charge >= 0.3 is 6.18 Å². The Hall–Kier alpha value is -2.49. The summed E-state index contributed by atoms with van der Waals surface area (Å²) in [6.45, 7) is 3.64. The van der Waals surface area contributed by atoms with Gasteiger partial charge in [-0.2, -0.15) is 13.2 Å². The smallest absolute Gasteiger partial charge is 0.404 e. The average Bonchev–Trinajstić information content (AvgIpc) is 3.38. The van der Waals surface area contributed by atoms with Crippen molar-refractivity contribution in [3.05, 3.63) is 71.0 Å². The normalized spacial score (nSPS) is 23.7. The molecule has 0 amide bonds. The zero-order valence-electron chi connectivity index (χ0n) is 21.7. The highest BCUT2D eigenvalue weighted by Gasteiger charge is 2.53. The van der Waals surface area contributed by atoms with E-state index >= 15 is 0 Å². The second-order valence-corrected chi connectivity index (χ2v) is 10.4. The standard InChI is InChI=1S/C29H36F4N3O2/c1-19-22(10-6-11-24(19)30)27-23(28(38)20-8-5-9-21(37)16-20)17-35(14-4-2-3-13-34)18-25(27)36-15-7-12-26(36)29(31,32)33/h5-6,8-11,16,23,26-27,37H,2-4,7,12-15,17-18,34H2,1H3/t23-,26-,27-/m0/s1. The molecule has 0 aromatic heterocycles.